The Morgan fingerprint density at radius 2 is 1.93 bits per heavy atom. The van der Waals surface area contributed by atoms with Crippen LogP contribution < -0.4 is 19.7 Å². The number of benzene rings is 1. The van der Waals surface area contributed by atoms with Crippen molar-refractivity contribution in [2.24, 2.45) is 0 Å². The molecule has 7 nitrogen and oxygen atoms in total. The number of anilines is 1. The first-order valence-corrected chi connectivity index (χ1v) is 9.19. The highest BCUT2D eigenvalue weighted by atomic mass is 19.4. The van der Waals surface area contributed by atoms with E-state index in [0.29, 0.717) is 29.2 Å². The average Bonchev–Trinajstić information content (AvgIpc) is 2.70. The zero-order valence-electron chi connectivity index (χ0n) is 16.3. The number of methoxy groups -OCH3 is 1. The number of amides is 2. The second-order valence-electron chi connectivity index (χ2n) is 6.67. The zero-order valence-corrected chi connectivity index (χ0v) is 16.3. The van der Waals surface area contributed by atoms with Crippen LogP contribution in [0.5, 0.6) is 11.6 Å². The fourth-order valence-corrected chi connectivity index (χ4v) is 3.18. The number of carbonyl (C=O) groups excluding carboxylic acids is 2. The van der Waals surface area contributed by atoms with E-state index in [0.717, 1.165) is 0 Å². The lowest BCUT2D eigenvalue weighted by Gasteiger charge is -2.29. The third-order valence-electron chi connectivity index (χ3n) is 4.58. The predicted molar refractivity (Wildman–Crippen MR) is 102 cm³/mol. The van der Waals surface area contributed by atoms with Crippen LogP contribution in [0.4, 0.5) is 23.8 Å². The number of fused-ring (bicyclic) bond motifs is 1. The SMILES string of the molecule is CCC(NC(=O)N1CC(=O)Cc2ccc(OC)nc21)c1ccc(OC(F)(F)F)cc1. The summed E-state index contributed by atoms with van der Waals surface area (Å²) in [4.78, 5) is 30.5. The summed E-state index contributed by atoms with van der Waals surface area (Å²) in [7, 11) is 1.45. The first-order valence-electron chi connectivity index (χ1n) is 9.19. The Morgan fingerprint density at radius 3 is 2.53 bits per heavy atom. The first kappa shape index (κ1) is 21.4. The minimum absolute atomic E-state index is 0.131. The van der Waals surface area contributed by atoms with Crippen molar-refractivity contribution in [2.75, 3.05) is 18.6 Å². The molecule has 0 saturated carbocycles. The van der Waals surface area contributed by atoms with Crippen LogP contribution in [0, 0.1) is 0 Å². The first-order chi connectivity index (χ1) is 14.2. The Labute approximate surface area is 170 Å². The van der Waals surface area contributed by atoms with E-state index in [4.69, 9.17) is 4.74 Å². The summed E-state index contributed by atoms with van der Waals surface area (Å²) >= 11 is 0. The van der Waals surface area contributed by atoms with Crippen LogP contribution in [0.2, 0.25) is 0 Å². The highest BCUT2D eigenvalue weighted by molar-refractivity contribution is 6.02. The normalized spacial score (nSPS) is 14.7. The molecule has 2 aromatic rings. The van der Waals surface area contributed by atoms with Crippen molar-refractivity contribution >= 4 is 17.6 Å². The molecule has 2 heterocycles. The molecule has 160 valence electrons. The minimum atomic E-state index is -4.78. The maximum Gasteiger partial charge on any atom is 0.573 e. The van der Waals surface area contributed by atoms with E-state index in [1.54, 1.807) is 12.1 Å². The van der Waals surface area contributed by atoms with Crippen molar-refractivity contribution in [3.8, 4) is 11.6 Å². The number of alkyl halides is 3. The van der Waals surface area contributed by atoms with Crippen LogP contribution in [0.1, 0.15) is 30.5 Å². The smallest absolute Gasteiger partial charge is 0.481 e. The fraction of sp³-hybridized carbons (Fsp3) is 0.350. The quantitative estimate of drug-likeness (QED) is 0.792. The van der Waals surface area contributed by atoms with Gasteiger partial charge in [0.05, 0.1) is 19.7 Å². The Morgan fingerprint density at radius 1 is 1.23 bits per heavy atom. The van der Waals surface area contributed by atoms with Crippen molar-refractivity contribution < 1.29 is 32.2 Å². The predicted octanol–water partition coefficient (Wildman–Crippen LogP) is 3.78. The molecule has 1 aromatic carbocycles. The van der Waals surface area contributed by atoms with Gasteiger partial charge in [0.1, 0.15) is 11.6 Å². The van der Waals surface area contributed by atoms with Crippen LogP contribution in [0.15, 0.2) is 36.4 Å². The molecule has 1 aromatic heterocycles. The molecule has 30 heavy (non-hydrogen) atoms. The Kier molecular flexibility index (Phi) is 6.14. The van der Waals surface area contributed by atoms with Gasteiger partial charge in [0.15, 0.2) is 5.78 Å². The van der Waals surface area contributed by atoms with E-state index in [1.807, 2.05) is 6.92 Å². The van der Waals surface area contributed by atoms with Gasteiger partial charge in [0, 0.05) is 18.1 Å². The van der Waals surface area contributed by atoms with E-state index in [9.17, 15) is 22.8 Å². The van der Waals surface area contributed by atoms with Gasteiger partial charge in [-0.2, -0.15) is 4.98 Å². The number of halogens is 3. The maximum absolute atomic E-state index is 12.9. The number of hydrogen-bond acceptors (Lipinski definition) is 5. The Balaban J connectivity index is 1.78. The summed E-state index contributed by atoms with van der Waals surface area (Å²) < 4.78 is 45.9. The summed E-state index contributed by atoms with van der Waals surface area (Å²) in [5, 5.41) is 2.81. The highest BCUT2D eigenvalue weighted by Gasteiger charge is 2.32. The van der Waals surface area contributed by atoms with Crippen LogP contribution in [0.25, 0.3) is 0 Å². The number of ether oxygens (including phenoxy) is 2. The van der Waals surface area contributed by atoms with Crippen molar-refractivity contribution in [1.82, 2.24) is 10.3 Å². The molecule has 0 bridgehead atoms. The van der Waals surface area contributed by atoms with Gasteiger partial charge in [-0.25, -0.2) is 4.79 Å². The monoisotopic (exact) mass is 423 g/mol. The number of urea groups is 1. The van der Waals surface area contributed by atoms with Gasteiger partial charge in [-0.05, 0) is 30.2 Å². The van der Waals surface area contributed by atoms with E-state index in [1.165, 1.54) is 36.3 Å². The highest BCUT2D eigenvalue weighted by Crippen LogP contribution is 2.28. The molecule has 10 heteroatoms. The second-order valence-corrected chi connectivity index (χ2v) is 6.67. The molecule has 1 unspecified atom stereocenters. The van der Waals surface area contributed by atoms with Gasteiger partial charge < -0.3 is 14.8 Å². The van der Waals surface area contributed by atoms with E-state index >= 15 is 0 Å². The summed E-state index contributed by atoms with van der Waals surface area (Å²) in [6, 6.07) is 7.56. The second kappa shape index (κ2) is 8.60. The molecular weight excluding hydrogens is 403 g/mol. The third-order valence-corrected chi connectivity index (χ3v) is 4.58. The molecule has 2 amide bonds. The summed E-state index contributed by atoms with van der Waals surface area (Å²) in [5.74, 6) is 0.175. The molecule has 0 spiro atoms. The third kappa shape index (κ3) is 5.00. The molecule has 3 rings (SSSR count). The molecular formula is C20H20F3N3O4. The van der Waals surface area contributed by atoms with Crippen LogP contribution in [-0.4, -0.2) is 36.8 Å². The average molecular weight is 423 g/mol. The van der Waals surface area contributed by atoms with E-state index in [2.05, 4.69) is 15.0 Å². The Hall–Kier alpha value is -3.30. The molecule has 1 aliphatic heterocycles. The molecule has 1 aliphatic rings. The number of aromatic nitrogens is 1. The number of pyridine rings is 1. The lowest BCUT2D eigenvalue weighted by atomic mass is 10.0. The molecule has 0 fully saturated rings. The maximum atomic E-state index is 12.9. The van der Waals surface area contributed by atoms with Gasteiger partial charge in [0.25, 0.3) is 0 Å². The number of ketones is 1. The molecule has 0 saturated heterocycles. The lowest BCUT2D eigenvalue weighted by Crippen LogP contribution is -2.47. The van der Waals surface area contributed by atoms with Gasteiger partial charge in [-0.1, -0.05) is 19.1 Å². The number of hydrogen-bond donors (Lipinski definition) is 1. The number of rotatable bonds is 5. The molecule has 1 atom stereocenters. The van der Waals surface area contributed by atoms with Crippen molar-refractivity contribution in [2.45, 2.75) is 32.2 Å². The van der Waals surface area contributed by atoms with E-state index in [-0.39, 0.29) is 24.5 Å². The minimum Gasteiger partial charge on any atom is -0.481 e. The summed E-state index contributed by atoms with van der Waals surface area (Å²) in [5.41, 5.74) is 1.21. The number of Topliss-reactive ketones (excluding diaryl/α,β-unsaturated/α-hetero) is 1. The standard InChI is InChI=1S/C20H20F3N3O4/c1-3-16(12-4-7-15(8-5-12)30-20(21,22)23)24-19(28)26-11-14(27)10-13-6-9-17(29-2)25-18(13)26/h4-9,16H,3,10-11H2,1-2H3,(H,24,28). The van der Waals surface area contributed by atoms with Gasteiger partial charge in [0.2, 0.25) is 5.88 Å². The number of carbonyl (C=O) groups is 2. The van der Waals surface area contributed by atoms with Crippen LogP contribution in [-0.2, 0) is 11.2 Å². The zero-order chi connectivity index (χ0) is 21.9. The van der Waals surface area contributed by atoms with Crippen molar-refractivity contribution in [3.63, 3.8) is 0 Å². The number of nitrogens with one attached hydrogen (secondary N) is 1. The van der Waals surface area contributed by atoms with E-state index < -0.39 is 18.4 Å². The van der Waals surface area contributed by atoms with Crippen LogP contribution >= 0.6 is 0 Å². The number of nitrogens with zero attached hydrogens (tertiary/aromatic N) is 2. The molecule has 0 aliphatic carbocycles. The summed E-state index contributed by atoms with van der Waals surface area (Å²) in [6.07, 6.45) is -4.12. The topological polar surface area (TPSA) is 80.8 Å². The molecule has 1 N–H and O–H groups in total. The van der Waals surface area contributed by atoms with Crippen LogP contribution in [0.3, 0.4) is 0 Å². The summed E-state index contributed by atoms with van der Waals surface area (Å²) in [6.45, 7) is 1.69. The Bertz CT molecular complexity index is 932. The van der Waals surface area contributed by atoms with Gasteiger partial charge in [-0.15, -0.1) is 13.2 Å². The lowest BCUT2D eigenvalue weighted by molar-refractivity contribution is -0.274. The largest absolute Gasteiger partial charge is 0.573 e. The molecule has 0 radical (unpaired) electrons. The van der Waals surface area contributed by atoms with Gasteiger partial charge in [-0.3, -0.25) is 9.69 Å². The van der Waals surface area contributed by atoms with Crippen molar-refractivity contribution in [3.05, 3.63) is 47.5 Å². The van der Waals surface area contributed by atoms with Gasteiger partial charge >= 0.3 is 12.4 Å². The fourth-order valence-electron chi connectivity index (χ4n) is 3.18. The van der Waals surface area contributed by atoms with Crippen molar-refractivity contribution in [1.29, 1.82) is 0 Å².